The summed E-state index contributed by atoms with van der Waals surface area (Å²) in [6.45, 7) is -3.08. The van der Waals surface area contributed by atoms with Gasteiger partial charge in [-0.25, -0.2) is 9.37 Å². The van der Waals surface area contributed by atoms with Gasteiger partial charge in [-0.2, -0.15) is 8.78 Å². The van der Waals surface area contributed by atoms with E-state index in [1.54, 1.807) is 18.2 Å². The number of hydrogen-bond acceptors (Lipinski definition) is 4. The number of pyridine rings is 1. The summed E-state index contributed by atoms with van der Waals surface area (Å²) < 4.78 is 47.5. The number of ether oxygens (including phenoxy) is 2. The van der Waals surface area contributed by atoms with Crippen LogP contribution in [0.4, 0.5) is 13.2 Å². The normalized spacial score (nSPS) is 10.6. The zero-order valence-corrected chi connectivity index (χ0v) is 13.9. The Morgan fingerprint density at radius 3 is 2.75 bits per heavy atom. The molecule has 0 aliphatic rings. The van der Waals surface area contributed by atoms with E-state index in [9.17, 15) is 18.0 Å². The highest BCUT2D eigenvalue weighted by Gasteiger charge is 2.15. The van der Waals surface area contributed by atoms with Crippen molar-refractivity contribution in [3.8, 4) is 11.6 Å². The highest BCUT2D eigenvalue weighted by Crippen LogP contribution is 2.23. The summed E-state index contributed by atoms with van der Waals surface area (Å²) in [5.74, 6) is -2.06. The van der Waals surface area contributed by atoms with Crippen LogP contribution in [0.1, 0.15) is 15.9 Å². The molecule has 0 aliphatic carbocycles. The average Bonchev–Trinajstić information content (AvgIpc) is 2.54. The second-order valence-corrected chi connectivity index (χ2v) is 5.44. The third-order valence-corrected chi connectivity index (χ3v) is 3.45. The Morgan fingerprint density at radius 1 is 1.38 bits per heavy atom. The molecule has 0 aliphatic heterocycles. The number of carbonyl (C=O) groups excluding carboxylic acids is 1. The third kappa shape index (κ3) is 4.60. The number of benzene rings is 1. The number of hydrogen-bond donors (Lipinski definition) is 1. The zero-order valence-electron chi connectivity index (χ0n) is 12.4. The van der Waals surface area contributed by atoms with Gasteiger partial charge in [0.1, 0.15) is 5.75 Å². The molecule has 0 saturated carbocycles. The minimum atomic E-state index is -3.20. The number of aromatic nitrogens is 1. The van der Waals surface area contributed by atoms with Gasteiger partial charge >= 0.3 is 6.61 Å². The molecular weight excluding hydrogens is 393 g/mol. The lowest BCUT2D eigenvalue weighted by Crippen LogP contribution is -2.23. The van der Waals surface area contributed by atoms with E-state index in [0.29, 0.717) is 11.3 Å². The molecular formula is C15H12BrF3N2O3. The summed E-state index contributed by atoms with van der Waals surface area (Å²) in [5, 5.41) is 2.57. The summed E-state index contributed by atoms with van der Waals surface area (Å²) in [5.41, 5.74) is 0.578. The zero-order chi connectivity index (χ0) is 17.7. The van der Waals surface area contributed by atoms with E-state index in [4.69, 9.17) is 4.74 Å². The standard InChI is InChI=1S/C15H12BrF3N2O3/c1-23-12-3-2-10(16)4-8(12)6-20-13(22)9-5-11(17)14(21-7-9)24-15(18)19/h2-5,7,15H,6H2,1H3,(H,20,22). The molecule has 0 bridgehead atoms. The van der Waals surface area contributed by atoms with Crippen molar-refractivity contribution in [3.05, 3.63) is 51.9 Å². The Labute approximate surface area is 143 Å². The van der Waals surface area contributed by atoms with Crippen molar-refractivity contribution in [3.63, 3.8) is 0 Å². The van der Waals surface area contributed by atoms with Gasteiger partial charge in [0, 0.05) is 22.8 Å². The molecule has 5 nitrogen and oxygen atoms in total. The number of amides is 1. The quantitative estimate of drug-likeness (QED) is 0.799. The fraction of sp³-hybridized carbons (Fsp3) is 0.200. The van der Waals surface area contributed by atoms with Crippen LogP contribution in [0.2, 0.25) is 0 Å². The van der Waals surface area contributed by atoms with Crippen molar-refractivity contribution in [2.75, 3.05) is 7.11 Å². The number of carbonyl (C=O) groups is 1. The molecule has 0 fully saturated rings. The van der Waals surface area contributed by atoms with Crippen LogP contribution in [0, 0.1) is 5.82 Å². The van der Waals surface area contributed by atoms with E-state index in [2.05, 4.69) is 31.0 Å². The van der Waals surface area contributed by atoms with Crippen molar-refractivity contribution in [1.82, 2.24) is 10.3 Å². The summed E-state index contributed by atoms with van der Waals surface area (Å²) in [6, 6.07) is 6.05. The van der Waals surface area contributed by atoms with Crippen molar-refractivity contribution >= 4 is 21.8 Å². The fourth-order valence-corrected chi connectivity index (χ4v) is 2.29. The molecule has 1 amide bonds. The first-order chi connectivity index (χ1) is 11.4. The predicted octanol–water partition coefficient (Wildman–Crippen LogP) is 3.52. The monoisotopic (exact) mass is 404 g/mol. The highest BCUT2D eigenvalue weighted by molar-refractivity contribution is 9.10. The van der Waals surface area contributed by atoms with Crippen molar-refractivity contribution in [1.29, 1.82) is 0 Å². The van der Waals surface area contributed by atoms with Gasteiger partial charge in [0.05, 0.1) is 12.7 Å². The van der Waals surface area contributed by atoms with E-state index in [-0.39, 0.29) is 12.1 Å². The molecule has 24 heavy (non-hydrogen) atoms. The van der Waals surface area contributed by atoms with Gasteiger partial charge in [0.25, 0.3) is 11.8 Å². The lowest BCUT2D eigenvalue weighted by Gasteiger charge is -2.11. The van der Waals surface area contributed by atoms with Gasteiger partial charge in [0.15, 0.2) is 5.82 Å². The topological polar surface area (TPSA) is 60.5 Å². The number of nitrogens with zero attached hydrogens (tertiary/aromatic N) is 1. The molecule has 0 spiro atoms. The minimum absolute atomic E-state index is 0.122. The first-order valence-electron chi connectivity index (χ1n) is 6.61. The Kier molecular flexibility index (Phi) is 6.02. The van der Waals surface area contributed by atoms with Gasteiger partial charge in [-0.3, -0.25) is 4.79 Å². The van der Waals surface area contributed by atoms with Crippen LogP contribution in [-0.4, -0.2) is 24.6 Å². The largest absolute Gasteiger partial charge is 0.496 e. The van der Waals surface area contributed by atoms with Gasteiger partial charge in [0.2, 0.25) is 0 Å². The summed E-state index contributed by atoms with van der Waals surface area (Å²) in [6.07, 6.45) is 0.953. The van der Waals surface area contributed by atoms with E-state index in [1.807, 2.05) is 0 Å². The molecule has 1 aromatic carbocycles. The first kappa shape index (κ1) is 18.1. The molecule has 0 unspecified atom stereocenters. The maximum absolute atomic E-state index is 13.6. The molecule has 2 aromatic rings. The number of halogens is 4. The first-order valence-corrected chi connectivity index (χ1v) is 7.41. The number of alkyl halides is 2. The van der Waals surface area contributed by atoms with Gasteiger partial charge in [-0.05, 0) is 24.3 Å². The Morgan fingerprint density at radius 2 is 2.12 bits per heavy atom. The SMILES string of the molecule is COc1ccc(Br)cc1CNC(=O)c1cnc(OC(F)F)c(F)c1. The summed E-state index contributed by atoms with van der Waals surface area (Å²) in [7, 11) is 1.50. The van der Waals surface area contributed by atoms with Crippen LogP contribution in [0.25, 0.3) is 0 Å². The van der Waals surface area contributed by atoms with E-state index in [0.717, 1.165) is 16.7 Å². The maximum atomic E-state index is 13.6. The second-order valence-electron chi connectivity index (χ2n) is 4.53. The maximum Gasteiger partial charge on any atom is 0.388 e. The number of rotatable bonds is 6. The Hall–Kier alpha value is -2.29. The molecule has 1 aromatic heterocycles. The molecule has 0 radical (unpaired) electrons. The van der Waals surface area contributed by atoms with Crippen LogP contribution in [0.15, 0.2) is 34.9 Å². The summed E-state index contributed by atoms with van der Waals surface area (Å²) in [4.78, 5) is 15.4. The van der Waals surface area contributed by atoms with Crippen LogP contribution < -0.4 is 14.8 Å². The van der Waals surface area contributed by atoms with Crippen molar-refractivity contribution in [2.45, 2.75) is 13.2 Å². The lowest BCUT2D eigenvalue weighted by molar-refractivity contribution is -0.0553. The molecule has 128 valence electrons. The Balaban J connectivity index is 2.08. The van der Waals surface area contributed by atoms with E-state index < -0.39 is 24.2 Å². The Bertz CT molecular complexity index is 744. The lowest BCUT2D eigenvalue weighted by atomic mass is 10.2. The molecule has 2 rings (SSSR count). The van der Waals surface area contributed by atoms with Crippen LogP contribution in [-0.2, 0) is 6.54 Å². The predicted molar refractivity (Wildman–Crippen MR) is 82.7 cm³/mol. The van der Waals surface area contributed by atoms with Gasteiger partial charge < -0.3 is 14.8 Å². The second kappa shape index (κ2) is 8.00. The van der Waals surface area contributed by atoms with Crippen LogP contribution in [0.3, 0.4) is 0 Å². The van der Waals surface area contributed by atoms with Crippen LogP contribution in [0.5, 0.6) is 11.6 Å². The average molecular weight is 405 g/mol. The van der Waals surface area contributed by atoms with Crippen molar-refractivity contribution in [2.24, 2.45) is 0 Å². The van der Waals surface area contributed by atoms with Crippen molar-refractivity contribution < 1.29 is 27.4 Å². The van der Waals surface area contributed by atoms with Gasteiger partial charge in [-0.1, -0.05) is 15.9 Å². The summed E-state index contributed by atoms with van der Waals surface area (Å²) >= 11 is 3.31. The third-order valence-electron chi connectivity index (χ3n) is 2.95. The number of nitrogens with one attached hydrogen (secondary N) is 1. The molecule has 0 atom stereocenters. The highest BCUT2D eigenvalue weighted by atomic mass is 79.9. The smallest absolute Gasteiger partial charge is 0.388 e. The fourth-order valence-electron chi connectivity index (χ4n) is 1.88. The molecule has 1 heterocycles. The molecule has 9 heteroatoms. The number of methoxy groups -OCH3 is 1. The minimum Gasteiger partial charge on any atom is -0.496 e. The van der Waals surface area contributed by atoms with E-state index >= 15 is 0 Å². The van der Waals surface area contributed by atoms with Crippen LogP contribution >= 0.6 is 15.9 Å². The molecule has 1 N–H and O–H groups in total. The van der Waals surface area contributed by atoms with Gasteiger partial charge in [-0.15, -0.1) is 0 Å². The van der Waals surface area contributed by atoms with E-state index in [1.165, 1.54) is 7.11 Å². The molecule has 0 saturated heterocycles.